The zero-order chi connectivity index (χ0) is 15.1. The van der Waals surface area contributed by atoms with Crippen molar-refractivity contribution in [2.45, 2.75) is 25.8 Å². The summed E-state index contributed by atoms with van der Waals surface area (Å²) < 4.78 is 0. The number of halogens is 1. The number of piperazine rings is 1. The van der Waals surface area contributed by atoms with Gasteiger partial charge >= 0.3 is 0 Å². The molecule has 1 aliphatic heterocycles. The minimum absolute atomic E-state index is 0.525. The summed E-state index contributed by atoms with van der Waals surface area (Å²) in [6, 6.07) is 6.81. The van der Waals surface area contributed by atoms with Crippen molar-refractivity contribution in [3.8, 4) is 0 Å². The molecular weight excluding hydrogens is 284 g/mol. The third-order valence-electron chi connectivity index (χ3n) is 3.88. The second-order valence-electron chi connectivity index (χ2n) is 5.72. The molecule has 4 nitrogen and oxygen atoms in total. The maximum Gasteiger partial charge on any atom is 0.0426 e. The average Bonchev–Trinajstić information content (AvgIpc) is 2.48. The molecule has 1 atom stereocenters. The molecule has 1 unspecified atom stereocenters. The van der Waals surface area contributed by atoms with E-state index in [9.17, 15) is 0 Å². The fourth-order valence-electron chi connectivity index (χ4n) is 2.82. The van der Waals surface area contributed by atoms with Crippen LogP contribution in [0, 0.1) is 0 Å². The summed E-state index contributed by atoms with van der Waals surface area (Å²) in [4.78, 5) is 2.45. The van der Waals surface area contributed by atoms with Crippen LogP contribution in [0.1, 0.15) is 18.9 Å². The molecule has 1 fully saturated rings. The topological polar surface area (TPSA) is 53.3 Å². The predicted molar refractivity (Wildman–Crippen MR) is 91.4 cm³/mol. The van der Waals surface area contributed by atoms with Crippen molar-refractivity contribution in [2.75, 3.05) is 44.2 Å². The van der Waals surface area contributed by atoms with E-state index in [4.69, 9.17) is 17.3 Å². The number of benzene rings is 1. The summed E-state index contributed by atoms with van der Waals surface area (Å²) in [6.45, 7) is 7.95. The van der Waals surface area contributed by atoms with Gasteiger partial charge in [0.05, 0.1) is 0 Å². The molecule has 0 bridgehead atoms. The van der Waals surface area contributed by atoms with Crippen LogP contribution in [0.25, 0.3) is 0 Å². The van der Waals surface area contributed by atoms with E-state index in [1.54, 1.807) is 0 Å². The van der Waals surface area contributed by atoms with Crippen LogP contribution in [0.5, 0.6) is 0 Å². The summed E-state index contributed by atoms with van der Waals surface area (Å²) in [5.74, 6) is 0. The molecular formula is C16H27ClN4. The molecule has 1 aromatic carbocycles. The van der Waals surface area contributed by atoms with Crippen molar-refractivity contribution in [3.05, 3.63) is 28.8 Å². The van der Waals surface area contributed by atoms with Gasteiger partial charge in [0.15, 0.2) is 0 Å². The minimum Gasteiger partial charge on any atom is -0.368 e. The third kappa shape index (κ3) is 5.15. The Morgan fingerprint density at radius 1 is 1.43 bits per heavy atom. The number of rotatable bonds is 7. The maximum atomic E-state index is 6.21. The highest BCUT2D eigenvalue weighted by atomic mass is 35.5. The molecule has 1 aromatic rings. The van der Waals surface area contributed by atoms with Crippen LogP contribution in [0.3, 0.4) is 0 Å². The Bertz CT molecular complexity index is 438. The monoisotopic (exact) mass is 310 g/mol. The van der Waals surface area contributed by atoms with Crippen LogP contribution in [0.15, 0.2) is 18.2 Å². The molecule has 0 aliphatic carbocycles. The smallest absolute Gasteiger partial charge is 0.0426 e. The van der Waals surface area contributed by atoms with E-state index in [0.29, 0.717) is 12.6 Å². The van der Waals surface area contributed by atoms with Gasteiger partial charge in [0, 0.05) is 49.5 Å². The maximum absolute atomic E-state index is 6.21. The van der Waals surface area contributed by atoms with Gasteiger partial charge in [0.1, 0.15) is 0 Å². The van der Waals surface area contributed by atoms with Crippen molar-refractivity contribution >= 4 is 17.3 Å². The van der Waals surface area contributed by atoms with E-state index in [1.165, 1.54) is 11.3 Å². The van der Waals surface area contributed by atoms with Gasteiger partial charge in [-0.15, -0.1) is 0 Å². The molecule has 4 N–H and O–H groups in total. The first kappa shape index (κ1) is 16.6. The van der Waals surface area contributed by atoms with Crippen LogP contribution >= 0.6 is 11.6 Å². The quantitative estimate of drug-likeness (QED) is 0.670. The summed E-state index contributed by atoms with van der Waals surface area (Å²) in [7, 11) is 0. The van der Waals surface area contributed by atoms with E-state index >= 15 is 0 Å². The van der Waals surface area contributed by atoms with Gasteiger partial charge in [-0.1, -0.05) is 17.7 Å². The Labute approximate surface area is 133 Å². The SMILES string of the molecule is CC1CN(c2cc(Cl)ccc2CCCNCCN)CCN1. The first-order valence-corrected chi connectivity index (χ1v) is 8.26. The van der Waals surface area contributed by atoms with Gasteiger partial charge in [-0.2, -0.15) is 0 Å². The first-order chi connectivity index (χ1) is 10.2. The highest BCUT2D eigenvalue weighted by Crippen LogP contribution is 2.27. The van der Waals surface area contributed by atoms with Crippen molar-refractivity contribution in [2.24, 2.45) is 5.73 Å². The normalized spacial score (nSPS) is 19.0. The van der Waals surface area contributed by atoms with E-state index < -0.39 is 0 Å². The minimum atomic E-state index is 0.525. The van der Waals surface area contributed by atoms with Crippen LogP contribution in [0.4, 0.5) is 5.69 Å². The molecule has 0 spiro atoms. The predicted octanol–water partition coefficient (Wildman–Crippen LogP) is 1.62. The lowest BCUT2D eigenvalue weighted by atomic mass is 10.0. The van der Waals surface area contributed by atoms with Gasteiger partial charge in [0.25, 0.3) is 0 Å². The molecule has 2 rings (SSSR count). The van der Waals surface area contributed by atoms with Crippen molar-refractivity contribution in [3.63, 3.8) is 0 Å². The second kappa shape index (κ2) is 8.59. The molecule has 1 aliphatic rings. The van der Waals surface area contributed by atoms with E-state index in [0.717, 1.165) is 50.6 Å². The lowest BCUT2D eigenvalue weighted by molar-refractivity contribution is 0.484. The van der Waals surface area contributed by atoms with E-state index in [1.807, 2.05) is 6.07 Å². The van der Waals surface area contributed by atoms with E-state index in [-0.39, 0.29) is 0 Å². The molecule has 21 heavy (non-hydrogen) atoms. The fraction of sp³-hybridized carbons (Fsp3) is 0.625. The van der Waals surface area contributed by atoms with Crippen LogP contribution in [-0.2, 0) is 6.42 Å². The largest absolute Gasteiger partial charge is 0.368 e. The van der Waals surface area contributed by atoms with Gasteiger partial charge < -0.3 is 21.3 Å². The third-order valence-corrected chi connectivity index (χ3v) is 4.11. The van der Waals surface area contributed by atoms with Gasteiger partial charge in [0.2, 0.25) is 0 Å². The molecule has 0 saturated carbocycles. The molecule has 0 amide bonds. The van der Waals surface area contributed by atoms with Gasteiger partial charge in [-0.05, 0) is 44.0 Å². The Morgan fingerprint density at radius 2 is 2.29 bits per heavy atom. The Balaban J connectivity index is 1.99. The Kier molecular flexibility index (Phi) is 6.77. The Morgan fingerprint density at radius 3 is 3.05 bits per heavy atom. The number of hydrogen-bond donors (Lipinski definition) is 3. The van der Waals surface area contributed by atoms with Gasteiger partial charge in [-0.3, -0.25) is 0 Å². The van der Waals surface area contributed by atoms with Crippen molar-refractivity contribution in [1.29, 1.82) is 0 Å². The lowest BCUT2D eigenvalue weighted by Gasteiger charge is -2.35. The summed E-state index contributed by atoms with van der Waals surface area (Å²) in [5, 5.41) is 7.65. The number of hydrogen-bond acceptors (Lipinski definition) is 4. The van der Waals surface area contributed by atoms with E-state index in [2.05, 4.69) is 34.6 Å². The second-order valence-corrected chi connectivity index (χ2v) is 6.15. The molecule has 118 valence electrons. The number of anilines is 1. The van der Waals surface area contributed by atoms with Crippen LogP contribution in [0.2, 0.25) is 5.02 Å². The Hall–Kier alpha value is -0.810. The molecule has 1 heterocycles. The lowest BCUT2D eigenvalue weighted by Crippen LogP contribution is -2.49. The average molecular weight is 311 g/mol. The first-order valence-electron chi connectivity index (χ1n) is 7.88. The number of nitrogens with two attached hydrogens (primary N) is 1. The number of nitrogens with zero attached hydrogens (tertiary/aromatic N) is 1. The number of nitrogens with one attached hydrogen (secondary N) is 2. The molecule has 5 heteroatoms. The van der Waals surface area contributed by atoms with Crippen LogP contribution in [-0.4, -0.2) is 45.3 Å². The zero-order valence-corrected chi connectivity index (χ0v) is 13.6. The van der Waals surface area contributed by atoms with Gasteiger partial charge in [-0.25, -0.2) is 0 Å². The van der Waals surface area contributed by atoms with Crippen molar-refractivity contribution in [1.82, 2.24) is 10.6 Å². The highest BCUT2D eigenvalue weighted by Gasteiger charge is 2.18. The van der Waals surface area contributed by atoms with Crippen LogP contribution < -0.4 is 21.3 Å². The zero-order valence-electron chi connectivity index (χ0n) is 12.9. The summed E-state index contributed by atoms with van der Waals surface area (Å²) in [6.07, 6.45) is 2.19. The fourth-order valence-corrected chi connectivity index (χ4v) is 2.99. The summed E-state index contributed by atoms with van der Waals surface area (Å²) >= 11 is 6.21. The standard InChI is InChI=1S/C16H27ClN4/c1-13-12-21(10-9-20-13)16-11-15(17)5-4-14(16)3-2-7-19-8-6-18/h4-5,11,13,19-20H,2-3,6-10,12,18H2,1H3. The summed E-state index contributed by atoms with van der Waals surface area (Å²) in [5.41, 5.74) is 8.18. The molecule has 0 radical (unpaired) electrons. The molecule has 1 saturated heterocycles. The number of aryl methyl sites for hydroxylation is 1. The van der Waals surface area contributed by atoms with Crippen molar-refractivity contribution < 1.29 is 0 Å². The molecule has 0 aromatic heterocycles. The highest BCUT2D eigenvalue weighted by molar-refractivity contribution is 6.30.